The predicted octanol–water partition coefficient (Wildman–Crippen LogP) is 0.190. The first-order valence-electron chi connectivity index (χ1n) is 0.447. The Labute approximate surface area is 41.5 Å². The first-order chi connectivity index (χ1) is 2.00. The standard InChI is InChI=1S/2CN.Fe/c2*1-2;/q2*-1;+2. The van der Waals surface area contributed by atoms with Crippen molar-refractivity contribution in [2.24, 2.45) is 0 Å². The minimum atomic E-state index is 0. The molecule has 0 aliphatic carbocycles. The molecule has 5 heavy (non-hydrogen) atoms. The van der Waals surface area contributed by atoms with Crippen molar-refractivity contribution in [3.05, 3.63) is 13.1 Å². The van der Waals surface area contributed by atoms with Crippen LogP contribution in [-0.4, -0.2) is 0 Å². The van der Waals surface area contributed by atoms with Gasteiger partial charge in [-0.05, 0) is 0 Å². The first kappa shape index (κ1) is 24.5. The van der Waals surface area contributed by atoms with Crippen molar-refractivity contribution in [2.75, 3.05) is 0 Å². The zero-order chi connectivity index (χ0) is 4.00. The molecule has 0 bridgehead atoms. The van der Waals surface area contributed by atoms with Crippen LogP contribution in [0.4, 0.5) is 0 Å². The average molecular weight is 108 g/mol. The van der Waals surface area contributed by atoms with Crippen molar-refractivity contribution < 1.29 is 17.1 Å². The van der Waals surface area contributed by atoms with Gasteiger partial charge < -0.3 is 23.7 Å². The number of nitrogens with zero attached hydrogens (tertiary/aromatic N) is 2. The Hall–Kier alpha value is -0.501. The van der Waals surface area contributed by atoms with Gasteiger partial charge in [0.2, 0.25) is 0 Å². The molecule has 0 spiro atoms. The van der Waals surface area contributed by atoms with Crippen LogP contribution < -0.4 is 0 Å². The van der Waals surface area contributed by atoms with Gasteiger partial charge in [-0.15, -0.1) is 0 Å². The summed E-state index contributed by atoms with van der Waals surface area (Å²) in [6, 6.07) is 0. The predicted molar refractivity (Wildman–Crippen MR) is 9.94 cm³/mol. The molecule has 0 rings (SSSR count). The van der Waals surface area contributed by atoms with Crippen molar-refractivity contribution in [2.45, 2.75) is 0 Å². The topological polar surface area (TPSA) is 47.6 Å². The minimum Gasteiger partial charge on any atom is -0.512 e. The molecule has 0 N–H and O–H groups in total. The second-order valence-electron chi connectivity index (χ2n) is 0. The second kappa shape index (κ2) is 87.3. The summed E-state index contributed by atoms with van der Waals surface area (Å²) in [6.07, 6.45) is 0. The monoisotopic (exact) mass is 108 g/mol. The van der Waals surface area contributed by atoms with Crippen LogP contribution in [0.1, 0.15) is 0 Å². The Kier molecular flexibility index (Phi) is 428. The van der Waals surface area contributed by atoms with Crippen molar-refractivity contribution in [1.82, 2.24) is 0 Å². The summed E-state index contributed by atoms with van der Waals surface area (Å²) in [5, 5.41) is 12.5. The van der Waals surface area contributed by atoms with Gasteiger partial charge >= 0.3 is 17.1 Å². The summed E-state index contributed by atoms with van der Waals surface area (Å²) >= 11 is 0. The van der Waals surface area contributed by atoms with E-state index < -0.39 is 0 Å². The van der Waals surface area contributed by atoms with Crippen LogP contribution in [0.15, 0.2) is 0 Å². The fourth-order valence-electron chi connectivity index (χ4n) is 0. The first-order valence-corrected chi connectivity index (χ1v) is 0.447. The van der Waals surface area contributed by atoms with Crippen molar-refractivity contribution in [1.29, 1.82) is 10.5 Å². The van der Waals surface area contributed by atoms with E-state index in [0.717, 1.165) is 0 Å². The molecule has 0 amide bonds. The summed E-state index contributed by atoms with van der Waals surface area (Å²) in [4.78, 5) is 0. The van der Waals surface area contributed by atoms with Gasteiger partial charge in [0.05, 0.1) is 0 Å². The second-order valence-corrected chi connectivity index (χ2v) is 0. The Morgan fingerprint density at radius 2 is 0.800 bits per heavy atom. The van der Waals surface area contributed by atoms with Gasteiger partial charge in [-0.2, -0.15) is 0 Å². The van der Waals surface area contributed by atoms with Gasteiger partial charge in [0, 0.05) is 0 Å². The molecule has 0 aromatic carbocycles. The molecule has 0 radical (unpaired) electrons. The molecule has 0 aromatic heterocycles. The molecule has 0 atom stereocenters. The van der Waals surface area contributed by atoms with E-state index >= 15 is 0 Å². The molecule has 0 heterocycles. The molecular weight excluding hydrogens is 108 g/mol. The van der Waals surface area contributed by atoms with E-state index in [2.05, 4.69) is 0 Å². The molecule has 0 fully saturated rings. The van der Waals surface area contributed by atoms with Crippen molar-refractivity contribution >= 4 is 0 Å². The maximum atomic E-state index is 6.25. The van der Waals surface area contributed by atoms with E-state index in [1.165, 1.54) is 0 Å². The summed E-state index contributed by atoms with van der Waals surface area (Å²) in [7, 11) is 0. The van der Waals surface area contributed by atoms with Crippen LogP contribution in [0.2, 0.25) is 0 Å². The maximum absolute atomic E-state index is 6.25. The molecule has 0 saturated carbocycles. The van der Waals surface area contributed by atoms with E-state index in [-0.39, 0.29) is 17.1 Å². The largest absolute Gasteiger partial charge is 2.00 e. The third-order valence-electron chi connectivity index (χ3n) is 0. The van der Waals surface area contributed by atoms with Gasteiger partial charge in [-0.1, -0.05) is 0 Å². The molecule has 2 nitrogen and oxygen atoms in total. The SMILES string of the molecule is [C-]#N.[C-]#N.[Fe+2]. The van der Waals surface area contributed by atoms with E-state index in [1.54, 1.807) is 0 Å². The molecule has 3 heteroatoms. The quantitative estimate of drug-likeness (QED) is 0.328. The number of rotatable bonds is 0. The Morgan fingerprint density at radius 1 is 0.800 bits per heavy atom. The number of hydrogen-bond acceptors (Lipinski definition) is 2. The molecule has 0 aliphatic heterocycles. The van der Waals surface area contributed by atoms with Crippen LogP contribution >= 0.6 is 0 Å². The third-order valence-corrected chi connectivity index (χ3v) is 0. The fraction of sp³-hybridized carbons (Fsp3) is 0. The van der Waals surface area contributed by atoms with Crippen LogP contribution in [-0.2, 0) is 17.1 Å². The van der Waals surface area contributed by atoms with Gasteiger partial charge in [-0.25, -0.2) is 0 Å². The van der Waals surface area contributed by atoms with Gasteiger partial charge in [0.25, 0.3) is 0 Å². The third kappa shape index (κ3) is 31.4. The summed E-state index contributed by atoms with van der Waals surface area (Å²) < 4.78 is 0. The fourth-order valence-corrected chi connectivity index (χ4v) is 0. The molecule has 0 unspecified atom stereocenters. The van der Waals surface area contributed by atoms with Crippen molar-refractivity contribution in [3.63, 3.8) is 0 Å². The van der Waals surface area contributed by atoms with E-state index in [0.29, 0.717) is 0 Å². The summed E-state index contributed by atoms with van der Waals surface area (Å²) in [6.45, 7) is 9.50. The molecular formula is C2FeN2. The van der Waals surface area contributed by atoms with Crippen LogP contribution in [0.3, 0.4) is 0 Å². The Balaban J connectivity index is -0.0000000133. The van der Waals surface area contributed by atoms with Crippen LogP contribution in [0.5, 0.6) is 0 Å². The minimum absolute atomic E-state index is 0. The van der Waals surface area contributed by atoms with Crippen molar-refractivity contribution in [3.8, 4) is 0 Å². The summed E-state index contributed by atoms with van der Waals surface area (Å²) in [5.74, 6) is 0. The molecule has 0 aliphatic rings. The van der Waals surface area contributed by atoms with E-state index in [9.17, 15) is 0 Å². The van der Waals surface area contributed by atoms with E-state index in [1.807, 2.05) is 0 Å². The zero-order valence-corrected chi connectivity index (χ0v) is 3.35. The zero-order valence-electron chi connectivity index (χ0n) is 2.25. The van der Waals surface area contributed by atoms with Gasteiger partial charge in [0.15, 0.2) is 0 Å². The molecule has 0 aromatic rings. The molecule has 26 valence electrons. The Morgan fingerprint density at radius 3 is 0.800 bits per heavy atom. The van der Waals surface area contributed by atoms with Gasteiger partial charge in [0.1, 0.15) is 0 Å². The maximum Gasteiger partial charge on any atom is 2.00 e. The Bertz CT molecular complexity index is 23.1. The van der Waals surface area contributed by atoms with Crippen LogP contribution in [0.25, 0.3) is 0 Å². The van der Waals surface area contributed by atoms with E-state index in [4.69, 9.17) is 23.7 Å². The smallest absolute Gasteiger partial charge is 0.512 e. The normalized spacial score (nSPS) is 0.800. The number of hydrogen-bond donors (Lipinski definition) is 0. The molecule has 0 saturated heterocycles. The summed E-state index contributed by atoms with van der Waals surface area (Å²) in [5.41, 5.74) is 0. The van der Waals surface area contributed by atoms with Crippen LogP contribution in [0, 0.1) is 23.7 Å². The van der Waals surface area contributed by atoms with Gasteiger partial charge in [-0.3, -0.25) is 0 Å². The average Bonchev–Trinajstić information content (AvgIpc) is 1.50.